The van der Waals surface area contributed by atoms with Crippen molar-refractivity contribution in [2.45, 2.75) is 25.8 Å². The van der Waals surface area contributed by atoms with E-state index in [0.29, 0.717) is 5.92 Å². The van der Waals surface area contributed by atoms with E-state index in [1.165, 1.54) is 10.6 Å². The van der Waals surface area contributed by atoms with E-state index in [2.05, 4.69) is 51.9 Å². The maximum absolute atomic E-state index is 4.72. The first kappa shape index (κ1) is 13.2. The molecule has 0 bridgehead atoms. The van der Waals surface area contributed by atoms with Crippen LogP contribution in [0, 0.1) is 0 Å². The SMILES string of the molecule is CNC(c1nc(C(C)C)cs1)c1sccc1Br. The fraction of sp³-hybridized carbons (Fsp3) is 0.417. The van der Waals surface area contributed by atoms with Crippen molar-refractivity contribution in [1.29, 1.82) is 0 Å². The van der Waals surface area contributed by atoms with Crippen molar-refractivity contribution in [3.8, 4) is 0 Å². The quantitative estimate of drug-likeness (QED) is 0.898. The number of halogens is 1. The fourth-order valence-electron chi connectivity index (χ4n) is 1.58. The van der Waals surface area contributed by atoms with E-state index in [1.807, 2.05) is 7.05 Å². The van der Waals surface area contributed by atoms with Gasteiger partial charge in [-0.05, 0) is 40.3 Å². The highest BCUT2D eigenvalue weighted by molar-refractivity contribution is 9.10. The van der Waals surface area contributed by atoms with Gasteiger partial charge in [0.25, 0.3) is 0 Å². The monoisotopic (exact) mass is 330 g/mol. The number of aromatic nitrogens is 1. The molecule has 1 atom stereocenters. The van der Waals surface area contributed by atoms with Crippen molar-refractivity contribution < 1.29 is 0 Å². The van der Waals surface area contributed by atoms with Crippen LogP contribution >= 0.6 is 38.6 Å². The summed E-state index contributed by atoms with van der Waals surface area (Å²) in [6, 6.07) is 2.28. The standard InChI is InChI=1S/C12H15BrN2S2/c1-7(2)9-6-17-12(15-9)10(14-3)11-8(13)4-5-16-11/h4-7,10,14H,1-3H3. The lowest BCUT2D eigenvalue weighted by Crippen LogP contribution is -2.16. The van der Waals surface area contributed by atoms with Gasteiger partial charge in [-0.25, -0.2) is 4.98 Å². The lowest BCUT2D eigenvalue weighted by Gasteiger charge is -2.12. The van der Waals surface area contributed by atoms with Gasteiger partial charge in [-0.2, -0.15) is 0 Å². The van der Waals surface area contributed by atoms with Crippen molar-refractivity contribution in [3.63, 3.8) is 0 Å². The van der Waals surface area contributed by atoms with E-state index in [9.17, 15) is 0 Å². The zero-order valence-corrected chi connectivity index (χ0v) is 13.2. The van der Waals surface area contributed by atoms with Crippen LogP contribution in [0.25, 0.3) is 0 Å². The molecule has 0 spiro atoms. The van der Waals surface area contributed by atoms with Crippen LogP contribution in [-0.4, -0.2) is 12.0 Å². The van der Waals surface area contributed by atoms with Crippen LogP contribution in [0.15, 0.2) is 21.3 Å². The Balaban J connectivity index is 2.32. The number of nitrogens with zero attached hydrogens (tertiary/aromatic N) is 1. The zero-order chi connectivity index (χ0) is 12.4. The number of thiophene rings is 1. The van der Waals surface area contributed by atoms with Crippen molar-refractivity contribution >= 4 is 38.6 Å². The molecular formula is C12H15BrN2S2. The summed E-state index contributed by atoms with van der Waals surface area (Å²) in [6.45, 7) is 4.35. The Kier molecular flexibility index (Phi) is 4.36. The largest absolute Gasteiger partial charge is 0.307 e. The van der Waals surface area contributed by atoms with Crippen LogP contribution in [0.4, 0.5) is 0 Å². The van der Waals surface area contributed by atoms with Gasteiger partial charge in [0, 0.05) is 14.7 Å². The number of hydrogen-bond acceptors (Lipinski definition) is 4. The minimum atomic E-state index is 0.196. The van der Waals surface area contributed by atoms with Crippen LogP contribution < -0.4 is 5.32 Å². The summed E-state index contributed by atoms with van der Waals surface area (Å²) in [7, 11) is 1.98. The first-order chi connectivity index (χ1) is 8.13. The molecule has 0 saturated carbocycles. The Morgan fingerprint density at radius 3 is 2.59 bits per heavy atom. The first-order valence-electron chi connectivity index (χ1n) is 5.49. The molecule has 0 radical (unpaired) electrons. The predicted octanol–water partition coefficient (Wildman–Crippen LogP) is 4.40. The Morgan fingerprint density at radius 1 is 1.35 bits per heavy atom. The van der Waals surface area contributed by atoms with E-state index in [-0.39, 0.29) is 6.04 Å². The summed E-state index contributed by atoms with van der Waals surface area (Å²) in [5.41, 5.74) is 1.18. The molecule has 2 nitrogen and oxygen atoms in total. The van der Waals surface area contributed by atoms with Gasteiger partial charge in [0.2, 0.25) is 0 Å². The van der Waals surface area contributed by atoms with Gasteiger partial charge in [-0.15, -0.1) is 22.7 Å². The van der Waals surface area contributed by atoms with Crippen LogP contribution in [0.3, 0.4) is 0 Å². The van der Waals surface area contributed by atoms with Gasteiger partial charge in [0.15, 0.2) is 0 Å². The minimum Gasteiger partial charge on any atom is -0.307 e. The second kappa shape index (κ2) is 5.61. The Hall–Kier alpha value is -0.230. The summed E-state index contributed by atoms with van der Waals surface area (Å²) in [6.07, 6.45) is 0. The zero-order valence-electron chi connectivity index (χ0n) is 10.0. The average Bonchev–Trinajstić information content (AvgIpc) is 2.90. The van der Waals surface area contributed by atoms with E-state index in [1.54, 1.807) is 22.7 Å². The normalized spacial score (nSPS) is 13.2. The summed E-state index contributed by atoms with van der Waals surface area (Å²) in [5.74, 6) is 0.490. The van der Waals surface area contributed by atoms with Gasteiger partial charge in [0.1, 0.15) is 5.01 Å². The Bertz CT molecular complexity index is 490. The van der Waals surface area contributed by atoms with E-state index in [4.69, 9.17) is 4.98 Å². The second-order valence-electron chi connectivity index (χ2n) is 4.12. The molecule has 0 amide bonds. The van der Waals surface area contributed by atoms with Crippen molar-refractivity contribution in [2.75, 3.05) is 7.05 Å². The first-order valence-corrected chi connectivity index (χ1v) is 8.04. The molecule has 2 aromatic heterocycles. The molecule has 0 aliphatic heterocycles. The fourth-order valence-corrected chi connectivity index (χ4v) is 4.46. The lowest BCUT2D eigenvalue weighted by molar-refractivity contribution is 0.687. The molecule has 1 unspecified atom stereocenters. The van der Waals surface area contributed by atoms with E-state index < -0.39 is 0 Å². The van der Waals surface area contributed by atoms with Crippen LogP contribution in [-0.2, 0) is 0 Å². The maximum atomic E-state index is 4.72. The van der Waals surface area contributed by atoms with Gasteiger partial charge >= 0.3 is 0 Å². The van der Waals surface area contributed by atoms with E-state index in [0.717, 1.165) is 9.48 Å². The van der Waals surface area contributed by atoms with E-state index >= 15 is 0 Å². The minimum absolute atomic E-state index is 0.196. The van der Waals surface area contributed by atoms with Crippen molar-refractivity contribution in [3.05, 3.63) is 36.9 Å². The number of hydrogen-bond donors (Lipinski definition) is 1. The Labute approximate surface area is 118 Å². The number of rotatable bonds is 4. The second-order valence-corrected chi connectivity index (χ2v) is 6.81. The van der Waals surface area contributed by atoms with Crippen LogP contribution in [0.5, 0.6) is 0 Å². The molecule has 92 valence electrons. The highest BCUT2D eigenvalue weighted by Crippen LogP contribution is 2.34. The highest BCUT2D eigenvalue weighted by atomic mass is 79.9. The summed E-state index contributed by atoms with van der Waals surface area (Å²) in [4.78, 5) is 6.01. The third kappa shape index (κ3) is 2.78. The predicted molar refractivity (Wildman–Crippen MR) is 79.1 cm³/mol. The van der Waals surface area contributed by atoms with Crippen LogP contribution in [0.1, 0.15) is 41.4 Å². The number of nitrogens with one attached hydrogen (secondary N) is 1. The van der Waals surface area contributed by atoms with Crippen LogP contribution in [0.2, 0.25) is 0 Å². The lowest BCUT2D eigenvalue weighted by atomic mass is 10.1. The third-order valence-corrected chi connectivity index (χ3v) is 5.44. The Morgan fingerprint density at radius 2 is 2.12 bits per heavy atom. The van der Waals surface area contributed by atoms with Crippen molar-refractivity contribution in [2.24, 2.45) is 0 Å². The molecule has 5 heteroatoms. The maximum Gasteiger partial charge on any atom is 0.115 e. The van der Waals surface area contributed by atoms with Gasteiger partial charge < -0.3 is 5.32 Å². The molecule has 2 aromatic rings. The third-order valence-electron chi connectivity index (χ3n) is 2.57. The molecule has 0 fully saturated rings. The molecule has 0 aliphatic rings. The highest BCUT2D eigenvalue weighted by Gasteiger charge is 2.20. The van der Waals surface area contributed by atoms with Gasteiger partial charge in [-0.3, -0.25) is 0 Å². The summed E-state index contributed by atoms with van der Waals surface area (Å²) < 4.78 is 1.16. The van der Waals surface area contributed by atoms with Gasteiger partial charge in [0.05, 0.1) is 11.7 Å². The summed E-state index contributed by atoms with van der Waals surface area (Å²) >= 11 is 7.07. The molecule has 1 N–H and O–H groups in total. The topological polar surface area (TPSA) is 24.9 Å². The van der Waals surface area contributed by atoms with Crippen molar-refractivity contribution in [1.82, 2.24) is 10.3 Å². The molecular weight excluding hydrogens is 316 g/mol. The number of thiazole rings is 1. The summed E-state index contributed by atoms with van der Waals surface area (Å²) in [5, 5.41) is 8.74. The molecule has 2 heterocycles. The van der Waals surface area contributed by atoms with Gasteiger partial charge in [-0.1, -0.05) is 13.8 Å². The molecule has 0 saturated heterocycles. The molecule has 17 heavy (non-hydrogen) atoms. The smallest absolute Gasteiger partial charge is 0.115 e. The average molecular weight is 331 g/mol. The molecule has 0 aliphatic carbocycles. The molecule has 0 aromatic carbocycles. The molecule has 2 rings (SSSR count).